The van der Waals surface area contributed by atoms with Crippen LogP contribution in [0.15, 0.2) is 40.2 Å². The predicted octanol–water partition coefficient (Wildman–Crippen LogP) is 2.96. The van der Waals surface area contributed by atoms with E-state index in [-0.39, 0.29) is 0 Å². The first-order valence-corrected chi connectivity index (χ1v) is 8.85. The van der Waals surface area contributed by atoms with Gasteiger partial charge in [0.15, 0.2) is 0 Å². The molecular formula is C12H16BrNO2S2. The van der Waals surface area contributed by atoms with Crippen LogP contribution in [0.25, 0.3) is 0 Å². The molecule has 6 heteroatoms. The molecule has 0 aliphatic carbocycles. The van der Waals surface area contributed by atoms with E-state index in [9.17, 15) is 8.42 Å². The summed E-state index contributed by atoms with van der Waals surface area (Å²) in [6, 6.07) is 5.00. The molecular weight excluding hydrogens is 334 g/mol. The van der Waals surface area contributed by atoms with Gasteiger partial charge in [0.2, 0.25) is 10.0 Å². The Labute approximate surface area is 121 Å². The number of halogens is 1. The van der Waals surface area contributed by atoms with Crippen LogP contribution in [-0.2, 0) is 10.0 Å². The second-order valence-corrected chi connectivity index (χ2v) is 7.44. The molecule has 1 rings (SSSR count). The van der Waals surface area contributed by atoms with Crippen LogP contribution in [-0.4, -0.2) is 26.5 Å². The lowest BCUT2D eigenvalue weighted by atomic mass is 10.2. The van der Waals surface area contributed by atoms with Crippen LogP contribution in [0.1, 0.15) is 5.56 Å². The molecule has 0 aromatic heterocycles. The minimum Gasteiger partial charge on any atom is -0.210 e. The van der Waals surface area contributed by atoms with Crippen molar-refractivity contribution in [1.82, 2.24) is 4.72 Å². The number of aryl methyl sites for hydroxylation is 1. The molecule has 0 unspecified atom stereocenters. The molecule has 18 heavy (non-hydrogen) atoms. The summed E-state index contributed by atoms with van der Waals surface area (Å²) < 4.78 is 27.4. The molecule has 1 aromatic carbocycles. The second-order valence-electron chi connectivity index (χ2n) is 3.67. The van der Waals surface area contributed by atoms with Crippen LogP contribution in [0.5, 0.6) is 0 Å². The Morgan fingerprint density at radius 1 is 1.50 bits per heavy atom. The summed E-state index contributed by atoms with van der Waals surface area (Å²) in [5, 5.41) is 0. The van der Waals surface area contributed by atoms with E-state index < -0.39 is 10.0 Å². The van der Waals surface area contributed by atoms with Crippen molar-refractivity contribution in [3.63, 3.8) is 0 Å². The van der Waals surface area contributed by atoms with Crippen molar-refractivity contribution in [3.8, 4) is 0 Å². The lowest BCUT2D eigenvalue weighted by molar-refractivity contribution is 0.584. The van der Waals surface area contributed by atoms with Crippen LogP contribution < -0.4 is 4.72 Å². The third-order valence-corrected chi connectivity index (χ3v) is 5.53. The average molecular weight is 350 g/mol. The molecule has 0 heterocycles. The van der Waals surface area contributed by atoms with Crippen molar-refractivity contribution in [1.29, 1.82) is 0 Å². The molecule has 0 radical (unpaired) electrons. The predicted molar refractivity (Wildman–Crippen MR) is 81.6 cm³/mol. The topological polar surface area (TPSA) is 46.2 Å². The molecule has 0 fully saturated rings. The van der Waals surface area contributed by atoms with Crippen molar-refractivity contribution in [2.24, 2.45) is 0 Å². The molecule has 1 aromatic rings. The Balaban J connectivity index is 2.62. The number of hydrogen-bond acceptors (Lipinski definition) is 3. The van der Waals surface area contributed by atoms with Gasteiger partial charge in [-0.15, -0.1) is 6.58 Å². The standard InChI is InChI=1S/C12H16BrNO2S2/c1-3-7-17-8-6-14-18(15,16)11-4-5-12(13)10(2)9-11/h3-5,9,14H,1,6-8H2,2H3. The van der Waals surface area contributed by atoms with Crippen LogP contribution in [0.4, 0.5) is 0 Å². The number of nitrogens with one attached hydrogen (secondary N) is 1. The highest BCUT2D eigenvalue weighted by atomic mass is 79.9. The summed E-state index contributed by atoms with van der Waals surface area (Å²) in [4.78, 5) is 0.303. The fourth-order valence-corrected chi connectivity index (χ4v) is 3.35. The number of sulfonamides is 1. The quantitative estimate of drug-likeness (QED) is 0.608. The van der Waals surface area contributed by atoms with Gasteiger partial charge in [0.25, 0.3) is 0 Å². The minimum absolute atomic E-state index is 0.303. The summed E-state index contributed by atoms with van der Waals surface area (Å²) in [6.45, 7) is 5.90. The van der Waals surface area contributed by atoms with Gasteiger partial charge >= 0.3 is 0 Å². The average Bonchev–Trinajstić information content (AvgIpc) is 2.32. The molecule has 3 nitrogen and oxygen atoms in total. The number of thioether (sulfide) groups is 1. The maximum atomic E-state index is 12.0. The highest BCUT2D eigenvalue weighted by Gasteiger charge is 2.13. The van der Waals surface area contributed by atoms with Gasteiger partial charge in [-0.2, -0.15) is 11.8 Å². The lowest BCUT2D eigenvalue weighted by Gasteiger charge is -2.07. The van der Waals surface area contributed by atoms with Gasteiger partial charge < -0.3 is 0 Å². The normalized spacial score (nSPS) is 11.4. The molecule has 100 valence electrons. The smallest absolute Gasteiger partial charge is 0.210 e. The summed E-state index contributed by atoms with van der Waals surface area (Å²) in [5.74, 6) is 1.57. The van der Waals surface area contributed by atoms with Crippen LogP contribution in [0.3, 0.4) is 0 Å². The maximum absolute atomic E-state index is 12.0. The molecule has 0 saturated heterocycles. The number of hydrogen-bond donors (Lipinski definition) is 1. The van der Waals surface area contributed by atoms with E-state index in [0.29, 0.717) is 11.4 Å². The SMILES string of the molecule is C=CCSCCNS(=O)(=O)c1ccc(Br)c(C)c1. The van der Waals surface area contributed by atoms with E-state index >= 15 is 0 Å². The zero-order valence-electron chi connectivity index (χ0n) is 10.1. The van der Waals surface area contributed by atoms with Gasteiger partial charge in [0.05, 0.1) is 4.90 Å². The molecule has 0 spiro atoms. The van der Waals surface area contributed by atoms with Crippen molar-refractivity contribution in [2.75, 3.05) is 18.1 Å². The van der Waals surface area contributed by atoms with E-state index in [1.165, 1.54) is 0 Å². The molecule has 0 aliphatic rings. The Bertz CT molecular complexity index is 515. The van der Waals surface area contributed by atoms with Gasteiger partial charge in [-0.3, -0.25) is 0 Å². The molecule has 0 aliphatic heterocycles. The fourth-order valence-electron chi connectivity index (χ4n) is 1.28. The summed E-state index contributed by atoms with van der Waals surface area (Å²) >= 11 is 4.99. The van der Waals surface area contributed by atoms with E-state index in [2.05, 4.69) is 27.2 Å². The zero-order chi connectivity index (χ0) is 13.6. The number of benzene rings is 1. The Hall–Kier alpha value is -0.300. The summed E-state index contributed by atoms with van der Waals surface area (Å²) in [6.07, 6.45) is 1.80. The van der Waals surface area contributed by atoms with Crippen molar-refractivity contribution in [2.45, 2.75) is 11.8 Å². The van der Waals surface area contributed by atoms with Gasteiger partial charge in [-0.05, 0) is 30.7 Å². The van der Waals surface area contributed by atoms with Crippen molar-refractivity contribution in [3.05, 3.63) is 40.9 Å². The largest absolute Gasteiger partial charge is 0.240 e. The highest BCUT2D eigenvalue weighted by Crippen LogP contribution is 2.19. The Kier molecular flexibility index (Phi) is 6.42. The van der Waals surface area contributed by atoms with Crippen LogP contribution >= 0.6 is 27.7 Å². The van der Waals surface area contributed by atoms with E-state index in [1.807, 2.05) is 6.92 Å². The first-order chi connectivity index (χ1) is 8.47. The second kappa shape index (κ2) is 7.33. The first kappa shape index (κ1) is 15.8. The summed E-state index contributed by atoms with van der Waals surface area (Å²) in [7, 11) is -3.40. The molecule has 0 bridgehead atoms. The van der Waals surface area contributed by atoms with Crippen LogP contribution in [0.2, 0.25) is 0 Å². The first-order valence-electron chi connectivity index (χ1n) is 5.42. The van der Waals surface area contributed by atoms with E-state index in [4.69, 9.17) is 0 Å². The van der Waals surface area contributed by atoms with Gasteiger partial charge in [0.1, 0.15) is 0 Å². The Morgan fingerprint density at radius 3 is 2.83 bits per heavy atom. The third kappa shape index (κ3) is 4.76. The lowest BCUT2D eigenvalue weighted by Crippen LogP contribution is -2.26. The van der Waals surface area contributed by atoms with Gasteiger partial charge in [0, 0.05) is 22.5 Å². The maximum Gasteiger partial charge on any atom is 0.240 e. The van der Waals surface area contributed by atoms with E-state index in [0.717, 1.165) is 21.5 Å². The van der Waals surface area contributed by atoms with Crippen molar-refractivity contribution >= 4 is 37.7 Å². The van der Waals surface area contributed by atoms with Crippen molar-refractivity contribution < 1.29 is 8.42 Å². The highest BCUT2D eigenvalue weighted by molar-refractivity contribution is 9.10. The zero-order valence-corrected chi connectivity index (χ0v) is 13.4. The molecule has 0 saturated carbocycles. The summed E-state index contributed by atoms with van der Waals surface area (Å²) in [5.41, 5.74) is 0.902. The Morgan fingerprint density at radius 2 is 2.22 bits per heavy atom. The fraction of sp³-hybridized carbons (Fsp3) is 0.333. The molecule has 1 N–H and O–H groups in total. The van der Waals surface area contributed by atoms with E-state index in [1.54, 1.807) is 36.0 Å². The third-order valence-electron chi connectivity index (χ3n) is 2.21. The minimum atomic E-state index is -3.40. The van der Waals surface area contributed by atoms with Gasteiger partial charge in [-0.1, -0.05) is 22.0 Å². The number of rotatable bonds is 7. The molecule has 0 atom stereocenters. The monoisotopic (exact) mass is 349 g/mol. The van der Waals surface area contributed by atoms with Gasteiger partial charge in [-0.25, -0.2) is 13.1 Å². The van der Waals surface area contributed by atoms with Crippen LogP contribution in [0, 0.1) is 6.92 Å². The molecule has 0 amide bonds.